The summed E-state index contributed by atoms with van der Waals surface area (Å²) in [6.45, 7) is 8.59. The van der Waals surface area contributed by atoms with Gasteiger partial charge in [-0.3, -0.25) is 0 Å². The van der Waals surface area contributed by atoms with Gasteiger partial charge in [0.1, 0.15) is 11.5 Å². The molecule has 2 N–H and O–H groups in total. The van der Waals surface area contributed by atoms with Gasteiger partial charge in [0.05, 0.1) is 6.61 Å². The van der Waals surface area contributed by atoms with Crippen LogP contribution in [0.25, 0.3) is 0 Å². The molecule has 0 amide bonds. The molecule has 21 heavy (non-hydrogen) atoms. The Kier molecular flexibility index (Phi) is 4.73. The summed E-state index contributed by atoms with van der Waals surface area (Å²) in [6, 6.07) is 12.2. The number of phenols is 1. The molecule has 2 aromatic carbocycles. The van der Waals surface area contributed by atoms with Gasteiger partial charge in [-0.25, -0.2) is 0 Å². The van der Waals surface area contributed by atoms with E-state index >= 15 is 0 Å². The van der Waals surface area contributed by atoms with Crippen molar-refractivity contribution in [3.63, 3.8) is 0 Å². The van der Waals surface area contributed by atoms with Crippen molar-refractivity contribution >= 4 is 5.69 Å². The van der Waals surface area contributed by atoms with Crippen LogP contribution in [0.1, 0.15) is 36.6 Å². The van der Waals surface area contributed by atoms with E-state index in [0.717, 1.165) is 22.6 Å². The fraction of sp³-hybridized carbons (Fsp3) is 0.333. The number of anilines is 1. The number of ether oxygens (including phenoxy) is 1. The van der Waals surface area contributed by atoms with E-state index in [9.17, 15) is 5.11 Å². The number of hydrogen-bond donors (Lipinski definition) is 2. The third kappa shape index (κ3) is 3.48. The standard InChI is InChI=1S/C18H23NO2/c1-5-21-16-9-7-15(8-10-16)14(4)19-17-11-6-12(2)18(20)13(17)3/h6-11,14,19-20H,5H2,1-4H3. The van der Waals surface area contributed by atoms with Gasteiger partial charge in [-0.1, -0.05) is 18.2 Å². The lowest BCUT2D eigenvalue weighted by Gasteiger charge is -2.19. The maximum Gasteiger partial charge on any atom is 0.123 e. The Morgan fingerprint density at radius 3 is 2.38 bits per heavy atom. The first-order chi connectivity index (χ1) is 10.0. The number of aryl methyl sites for hydroxylation is 1. The van der Waals surface area contributed by atoms with Crippen LogP contribution < -0.4 is 10.1 Å². The van der Waals surface area contributed by atoms with E-state index in [1.807, 2.05) is 45.0 Å². The zero-order valence-corrected chi connectivity index (χ0v) is 13.1. The summed E-state index contributed by atoms with van der Waals surface area (Å²) in [7, 11) is 0. The Bertz CT molecular complexity index is 605. The van der Waals surface area contributed by atoms with E-state index < -0.39 is 0 Å². The molecule has 0 bridgehead atoms. The van der Waals surface area contributed by atoms with Crippen LogP contribution in [0.4, 0.5) is 5.69 Å². The summed E-state index contributed by atoms with van der Waals surface area (Å²) < 4.78 is 5.45. The predicted molar refractivity (Wildman–Crippen MR) is 87.2 cm³/mol. The second-order valence-electron chi connectivity index (χ2n) is 5.27. The van der Waals surface area contributed by atoms with Crippen LogP contribution in [-0.4, -0.2) is 11.7 Å². The van der Waals surface area contributed by atoms with E-state index in [-0.39, 0.29) is 6.04 Å². The Morgan fingerprint density at radius 2 is 1.76 bits per heavy atom. The smallest absolute Gasteiger partial charge is 0.123 e. The summed E-state index contributed by atoms with van der Waals surface area (Å²) in [5, 5.41) is 13.5. The molecule has 0 aromatic heterocycles. The number of hydrogen-bond acceptors (Lipinski definition) is 3. The van der Waals surface area contributed by atoms with E-state index in [0.29, 0.717) is 12.4 Å². The van der Waals surface area contributed by atoms with E-state index in [4.69, 9.17) is 4.74 Å². The first-order valence-corrected chi connectivity index (χ1v) is 7.31. The molecule has 3 heteroatoms. The summed E-state index contributed by atoms with van der Waals surface area (Å²) in [5.41, 5.74) is 3.91. The quantitative estimate of drug-likeness (QED) is 0.844. The van der Waals surface area contributed by atoms with Crippen LogP contribution in [0.2, 0.25) is 0 Å². The van der Waals surface area contributed by atoms with Crippen molar-refractivity contribution in [1.29, 1.82) is 0 Å². The summed E-state index contributed by atoms with van der Waals surface area (Å²) in [4.78, 5) is 0. The molecule has 112 valence electrons. The third-order valence-corrected chi connectivity index (χ3v) is 3.70. The van der Waals surface area contributed by atoms with Gasteiger partial charge in [-0.15, -0.1) is 0 Å². The average molecular weight is 285 g/mol. The minimum absolute atomic E-state index is 0.154. The molecule has 0 heterocycles. The SMILES string of the molecule is CCOc1ccc(C(C)Nc2ccc(C)c(O)c2C)cc1. The largest absolute Gasteiger partial charge is 0.507 e. The Balaban J connectivity index is 2.14. The molecule has 1 unspecified atom stereocenters. The third-order valence-electron chi connectivity index (χ3n) is 3.70. The highest BCUT2D eigenvalue weighted by Crippen LogP contribution is 2.30. The Labute approximate surface area is 126 Å². The lowest BCUT2D eigenvalue weighted by molar-refractivity contribution is 0.340. The number of rotatable bonds is 5. The maximum absolute atomic E-state index is 10.0. The van der Waals surface area contributed by atoms with E-state index in [1.165, 1.54) is 5.56 Å². The molecule has 0 aliphatic carbocycles. The summed E-state index contributed by atoms with van der Waals surface area (Å²) >= 11 is 0. The predicted octanol–water partition coefficient (Wildman–Crippen LogP) is 4.58. The average Bonchev–Trinajstić information content (AvgIpc) is 2.49. The van der Waals surface area contributed by atoms with Crippen molar-refractivity contribution in [2.24, 2.45) is 0 Å². The number of aromatic hydroxyl groups is 1. The highest BCUT2D eigenvalue weighted by molar-refractivity contribution is 5.59. The molecule has 1 atom stereocenters. The summed E-state index contributed by atoms with van der Waals surface area (Å²) in [5.74, 6) is 1.25. The van der Waals surface area contributed by atoms with Gasteiger partial charge in [0.2, 0.25) is 0 Å². The Morgan fingerprint density at radius 1 is 1.10 bits per heavy atom. The molecule has 0 saturated heterocycles. The van der Waals surface area contributed by atoms with E-state index in [1.54, 1.807) is 0 Å². The van der Waals surface area contributed by atoms with Gasteiger partial charge in [-0.05, 0) is 57.0 Å². The molecule has 2 rings (SSSR count). The monoisotopic (exact) mass is 285 g/mol. The van der Waals surface area contributed by atoms with Crippen LogP contribution >= 0.6 is 0 Å². The van der Waals surface area contributed by atoms with Crippen molar-refractivity contribution in [2.45, 2.75) is 33.7 Å². The van der Waals surface area contributed by atoms with Crippen LogP contribution in [0, 0.1) is 13.8 Å². The molecule has 0 aliphatic rings. The lowest BCUT2D eigenvalue weighted by Crippen LogP contribution is -2.08. The van der Waals surface area contributed by atoms with Crippen molar-refractivity contribution < 1.29 is 9.84 Å². The number of phenolic OH excluding ortho intramolecular Hbond substituents is 1. The zero-order chi connectivity index (χ0) is 15.4. The van der Waals surface area contributed by atoms with E-state index in [2.05, 4.69) is 24.4 Å². The number of nitrogens with one attached hydrogen (secondary N) is 1. The van der Waals surface area contributed by atoms with Gasteiger partial charge in [0, 0.05) is 17.3 Å². The van der Waals surface area contributed by atoms with Crippen LogP contribution in [-0.2, 0) is 0 Å². The molecular formula is C18H23NO2. The highest BCUT2D eigenvalue weighted by atomic mass is 16.5. The first-order valence-electron chi connectivity index (χ1n) is 7.31. The minimum atomic E-state index is 0.154. The zero-order valence-electron chi connectivity index (χ0n) is 13.1. The number of benzene rings is 2. The normalized spacial score (nSPS) is 12.0. The van der Waals surface area contributed by atoms with Crippen molar-refractivity contribution in [3.05, 3.63) is 53.1 Å². The fourth-order valence-corrected chi connectivity index (χ4v) is 2.33. The topological polar surface area (TPSA) is 41.5 Å². The van der Waals surface area contributed by atoms with Gasteiger partial charge in [0.25, 0.3) is 0 Å². The van der Waals surface area contributed by atoms with Crippen molar-refractivity contribution in [2.75, 3.05) is 11.9 Å². The van der Waals surface area contributed by atoms with Gasteiger partial charge < -0.3 is 15.2 Å². The molecule has 0 radical (unpaired) electrons. The van der Waals surface area contributed by atoms with Crippen molar-refractivity contribution in [3.8, 4) is 11.5 Å². The molecule has 3 nitrogen and oxygen atoms in total. The van der Waals surface area contributed by atoms with Crippen molar-refractivity contribution in [1.82, 2.24) is 0 Å². The first kappa shape index (κ1) is 15.2. The van der Waals surface area contributed by atoms with Crippen LogP contribution in [0.15, 0.2) is 36.4 Å². The molecular weight excluding hydrogens is 262 g/mol. The van der Waals surface area contributed by atoms with Gasteiger partial charge in [-0.2, -0.15) is 0 Å². The second kappa shape index (κ2) is 6.53. The van der Waals surface area contributed by atoms with Crippen LogP contribution in [0.3, 0.4) is 0 Å². The molecule has 0 saturated carbocycles. The molecule has 2 aromatic rings. The molecule has 0 spiro atoms. The van der Waals surface area contributed by atoms with Crippen LogP contribution in [0.5, 0.6) is 11.5 Å². The van der Waals surface area contributed by atoms with Gasteiger partial charge in [0.15, 0.2) is 0 Å². The fourth-order valence-electron chi connectivity index (χ4n) is 2.33. The van der Waals surface area contributed by atoms with Gasteiger partial charge >= 0.3 is 0 Å². The Hall–Kier alpha value is -2.16. The maximum atomic E-state index is 10.0. The second-order valence-corrected chi connectivity index (χ2v) is 5.27. The highest BCUT2D eigenvalue weighted by Gasteiger charge is 2.10. The molecule has 0 aliphatic heterocycles. The molecule has 0 fully saturated rings. The lowest BCUT2D eigenvalue weighted by atomic mass is 10.1. The minimum Gasteiger partial charge on any atom is -0.507 e. The summed E-state index contributed by atoms with van der Waals surface area (Å²) in [6.07, 6.45) is 0.